The van der Waals surface area contributed by atoms with Gasteiger partial charge in [-0.05, 0) is 68.8 Å². The molecule has 0 saturated heterocycles. The smallest absolute Gasteiger partial charge is 0.0720 e. The minimum atomic E-state index is 0.500. The second-order valence-electron chi connectivity index (χ2n) is 7.85. The number of rotatable bonds is 4. The van der Waals surface area contributed by atoms with Gasteiger partial charge < -0.3 is 4.74 Å². The average molecular weight is 300 g/mol. The van der Waals surface area contributed by atoms with Gasteiger partial charge in [0.15, 0.2) is 0 Å². The lowest BCUT2D eigenvalue weighted by molar-refractivity contribution is -0.00254. The Morgan fingerprint density at radius 2 is 1.36 bits per heavy atom. The van der Waals surface area contributed by atoms with Crippen molar-refractivity contribution in [2.24, 2.45) is 17.8 Å². The van der Waals surface area contributed by atoms with Crippen LogP contribution in [0.15, 0.2) is 24.3 Å². The second kappa shape index (κ2) is 7.64. The zero-order valence-corrected chi connectivity index (χ0v) is 14.4. The molecule has 0 spiro atoms. The fourth-order valence-electron chi connectivity index (χ4n) is 4.38. The lowest BCUT2D eigenvalue weighted by Gasteiger charge is -2.37. The van der Waals surface area contributed by atoms with Crippen LogP contribution in [0.5, 0.6) is 0 Å². The quantitative estimate of drug-likeness (QED) is 0.673. The summed E-state index contributed by atoms with van der Waals surface area (Å²) in [6, 6.07) is 8.76. The van der Waals surface area contributed by atoms with E-state index in [1.807, 2.05) is 0 Å². The van der Waals surface area contributed by atoms with Crippen LogP contribution >= 0.6 is 0 Å². The van der Waals surface area contributed by atoms with Crippen molar-refractivity contribution in [1.29, 1.82) is 0 Å². The van der Waals surface area contributed by atoms with Crippen LogP contribution in [0.2, 0.25) is 0 Å². The summed E-state index contributed by atoms with van der Waals surface area (Å²) in [5, 5.41) is 0. The van der Waals surface area contributed by atoms with E-state index in [2.05, 4.69) is 38.1 Å². The van der Waals surface area contributed by atoms with Gasteiger partial charge in [-0.1, -0.05) is 49.6 Å². The fourth-order valence-corrected chi connectivity index (χ4v) is 4.38. The Morgan fingerprint density at radius 3 is 1.95 bits per heavy atom. The Balaban J connectivity index is 1.39. The molecule has 1 heteroatoms. The minimum Gasteiger partial charge on any atom is -0.374 e. The third-order valence-corrected chi connectivity index (χ3v) is 6.05. The van der Waals surface area contributed by atoms with Gasteiger partial charge >= 0.3 is 0 Å². The summed E-state index contributed by atoms with van der Waals surface area (Å²) in [6.07, 6.45) is 11.8. The van der Waals surface area contributed by atoms with E-state index < -0.39 is 0 Å². The van der Waals surface area contributed by atoms with Crippen molar-refractivity contribution in [2.45, 2.75) is 77.9 Å². The topological polar surface area (TPSA) is 9.23 Å². The van der Waals surface area contributed by atoms with Gasteiger partial charge in [-0.3, -0.25) is 0 Å². The zero-order valence-electron chi connectivity index (χ0n) is 14.4. The van der Waals surface area contributed by atoms with Crippen LogP contribution in [0, 0.1) is 24.7 Å². The Labute approximate surface area is 136 Å². The molecule has 2 saturated carbocycles. The van der Waals surface area contributed by atoms with E-state index in [0.29, 0.717) is 6.10 Å². The molecule has 0 heterocycles. The van der Waals surface area contributed by atoms with Crippen LogP contribution in [0.25, 0.3) is 0 Å². The van der Waals surface area contributed by atoms with Gasteiger partial charge in [0, 0.05) is 0 Å². The van der Waals surface area contributed by atoms with Gasteiger partial charge in [-0.2, -0.15) is 0 Å². The van der Waals surface area contributed by atoms with E-state index in [0.717, 1.165) is 24.4 Å². The molecule has 1 nitrogen and oxygen atoms in total. The van der Waals surface area contributed by atoms with Crippen LogP contribution in [-0.4, -0.2) is 6.10 Å². The van der Waals surface area contributed by atoms with Crippen molar-refractivity contribution in [3.8, 4) is 0 Å². The first-order valence-corrected chi connectivity index (χ1v) is 9.38. The van der Waals surface area contributed by atoms with Gasteiger partial charge in [0.05, 0.1) is 12.7 Å². The second-order valence-corrected chi connectivity index (χ2v) is 7.85. The highest BCUT2D eigenvalue weighted by Gasteiger charge is 2.30. The molecule has 0 aliphatic heterocycles. The van der Waals surface area contributed by atoms with E-state index in [4.69, 9.17) is 4.74 Å². The molecule has 0 radical (unpaired) electrons. The molecule has 0 unspecified atom stereocenters. The molecular weight excluding hydrogens is 268 g/mol. The monoisotopic (exact) mass is 300 g/mol. The first-order chi connectivity index (χ1) is 10.7. The summed E-state index contributed by atoms with van der Waals surface area (Å²) in [6.45, 7) is 5.35. The van der Waals surface area contributed by atoms with E-state index in [1.54, 1.807) is 0 Å². The average Bonchev–Trinajstić information content (AvgIpc) is 2.56. The molecule has 2 aliphatic rings. The van der Waals surface area contributed by atoms with Crippen molar-refractivity contribution < 1.29 is 4.74 Å². The van der Waals surface area contributed by atoms with Crippen LogP contribution in [0.3, 0.4) is 0 Å². The van der Waals surface area contributed by atoms with E-state index >= 15 is 0 Å². The predicted octanol–water partition coefficient (Wildman–Crippen LogP) is 5.90. The SMILES string of the molecule is Cc1ccc(COC2CCC(C3CCC(C)CC3)CC2)cc1. The van der Waals surface area contributed by atoms with Gasteiger partial charge in [0.2, 0.25) is 0 Å². The molecule has 0 bridgehead atoms. The maximum Gasteiger partial charge on any atom is 0.0720 e. The number of hydrogen-bond acceptors (Lipinski definition) is 1. The first kappa shape index (κ1) is 16.1. The minimum absolute atomic E-state index is 0.500. The van der Waals surface area contributed by atoms with Crippen LogP contribution in [0.1, 0.15) is 69.4 Å². The summed E-state index contributed by atoms with van der Waals surface area (Å²) < 4.78 is 6.16. The lowest BCUT2D eigenvalue weighted by Crippen LogP contribution is -2.28. The number of aryl methyl sites for hydroxylation is 1. The molecular formula is C21H32O. The highest BCUT2D eigenvalue weighted by molar-refractivity contribution is 5.20. The Morgan fingerprint density at radius 1 is 0.818 bits per heavy atom. The first-order valence-electron chi connectivity index (χ1n) is 9.38. The molecule has 2 fully saturated rings. The Hall–Kier alpha value is -0.820. The summed E-state index contributed by atoms with van der Waals surface area (Å²) in [7, 11) is 0. The highest BCUT2D eigenvalue weighted by atomic mass is 16.5. The van der Waals surface area contributed by atoms with Crippen molar-refractivity contribution in [3.63, 3.8) is 0 Å². The largest absolute Gasteiger partial charge is 0.374 e. The molecule has 22 heavy (non-hydrogen) atoms. The van der Waals surface area contributed by atoms with Crippen molar-refractivity contribution >= 4 is 0 Å². The van der Waals surface area contributed by atoms with Crippen molar-refractivity contribution in [3.05, 3.63) is 35.4 Å². The third-order valence-electron chi connectivity index (χ3n) is 6.05. The zero-order chi connectivity index (χ0) is 15.4. The number of ether oxygens (including phenoxy) is 1. The molecule has 0 amide bonds. The van der Waals surface area contributed by atoms with Crippen molar-refractivity contribution in [2.75, 3.05) is 0 Å². The summed E-state index contributed by atoms with van der Waals surface area (Å²) in [5.41, 5.74) is 2.64. The Bertz CT molecular complexity index is 433. The maximum absolute atomic E-state index is 6.16. The maximum atomic E-state index is 6.16. The normalized spacial score (nSPS) is 32.8. The molecule has 0 aromatic heterocycles. The van der Waals surface area contributed by atoms with E-state index in [1.165, 1.54) is 62.5 Å². The van der Waals surface area contributed by atoms with Crippen LogP contribution in [0.4, 0.5) is 0 Å². The standard InChI is InChI=1S/C21H32O/c1-16-3-7-18(8-4-16)15-22-21-13-11-20(12-14-21)19-9-5-17(2)6-10-19/h3-4,7-8,17,19-21H,5-6,9-15H2,1-2H3. The molecule has 122 valence electrons. The molecule has 0 atom stereocenters. The lowest BCUT2D eigenvalue weighted by atomic mass is 9.71. The fraction of sp³-hybridized carbons (Fsp3) is 0.714. The third kappa shape index (κ3) is 4.35. The molecule has 2 aliphatic carbocycles. The highest BCUT2D eigenvalue weighted by Crippen LogP contribution is 2.40. The number of benzene rings is 1. The Kier molecular flexibility index (Phi) is 5.57. The van der Waals surface area contributed by atoms with Crippen LogP contribution in [-0.2, 0) is 11.3 Å². The van der Waals surface area contributed by atoms with E-state index in [9.17, 15) is 0 Å². The molecule has 1 aromatic carbocycles. The van der Waals surface area contributed by atoms with Gasteiger partial charge in [0.25, 0.3) is 0 Å². The van der Waals surface area contributed by atoms with Gasteiger partial charge in [-0.15, -0.1) is 0 Å². The molecule has 1 aromatic rings. The molecule has 3 rings (SSSR count). The summed E-state index contributed by atoms with van der Waals surface area (Å²) in [5.74, 6) is 2.99. The summed E-state index contributed by atoms with van der Waals surface area (Å²) >= 11 is 0. The number of hydrogen-bond donors (Lipinski definition) is 0. The van der Waals surface area contributed by atoms with Gasteiger partial charge in [-0.25, -0.2) is 0 Å². The predicted molar refractivity (Wildman–Crippen MR) is 92.8 cm³/mol. The summed E-state index contributed by atoms with van der Waals surface area (Å²) in [4.78, 5) is 0. The molecule has 0 N–H and O–H groups in total. The van der Waals surface area contributed by atoms with Gasteiger partial charge in [0.1, 0.15) is 0 Å². The van der Waals surface area contributed by atoms with E-state index in [-0.39, 0.29) is 0 Å². The van der Waals surface area contributed by atoms with Crippen molar-refractivity contribution in [1.82, 2.24) is 0 Å². The van der Waals surface area contributed by atoms with Crippen LogP contribution < -0.4 is 0 Å².